The second-order valence-electron chi connectivity index (χ2n) is 8.97. The molecule has 0 bridgehead atoms. The Morgan fingerprint density at radius 3 is 2.38 bits per heavy atom. The highest BCUT2D eigenvalue weighted by molar-refractivity contribution is 5.97. The van der Waals surface area contributed by atoms with E-state index in [1.807, 2.05) is 0 Å². The molecule has 2 amide bonds. The number of likely N-dealkylation sites (tertiary alicyclic amines) is 1. The number of hydrogen-bond donors (Lipinski definition) is 2. The monoisotopic (exact) mass is 546 g/mol. The van der Waals surface area contributed by atoms with Crippen LogP contribution in [-0.2, 0) is 22.6 Å². The molecule has 1 saturated heterocycles. The molecule has 3 aromatic rings. The number of nitrogens with zero attached hydrogens (tertiary/aromatic N) is 3. The summed E-state index contributed by atoms with van der Waals surface area (Å²) in [6.45, 7) is 0.564. The SMILES string of the molecule is NC(=O)c1cc(-c2cn(CC(=O)O)cn2)ccc1OC1CCN(C(=O)Cc2ccc(OC(F)(F)F)cc2)CC1. The number of amides is 2. The number of carboxylic acid groups (broad SMARTS) is 1. The fourth-order valence-corrected chi connectivity index (χ4v) is 4.23. The second-order valence-corrected chi connectivity index (χ2v) is 8.97. The number of carbonyl (C=O) groups is 3. The summed E-state index contributed by atoms with van der Waals surface area (Å²) >= 11 is 0. The van der Waals surface area contributed by atoms with E-state index in [1.165, 1.54) is 41.2 Å². The van der Waals surface area contributed by atoms with Crippen LogP contribution < -0.4 is 15.2 Å². The van der Waals surface area contributed by atoms with Crippen molar-refractivity contribution in [1.82, 2.24) is 14.5 Å². The highest BCUT2D eigenvalue weighted by Gasteiger charge is 2.31. The lowest BCUT2D eigenvalue weighted by molar-refractivity contribution is -0.274. The maximum Gasteiger partial charge on any atom is 0.573 e. The number of ether oxygens (including phenoxy) is 2. The maximum absolute atomic E-state index is 12.7. The number of rotatable bonds is 9. The summed E-state index contributed by atoms with van der Waals surface area (Å²) in [6.07, 6.45) is -1.08. The molecule has 3 N–H and O–H groups in total. The van der Waals surface area contributed by atoms with Gasteiger partial charge in [0.2, 0.25) is 5.91 Å². The quantitative estimate of drug-likeness (QED) is 0.420. The van der Waals surface area contributed by atoms with Crippen molar-refractivity contribution in [2.75, 3.05) is 13.1 Å². The van der Waals surface area contributed by atoms with Gasteiger partial charge in [0.15, 0.2) is 0 Å². The number of imidazole rings is 1. The van der Waals surface area contributed by atoms with Crippen LogP contribution in [0.5, 0.6) is 11.5 Å². The van der Waals surface area contributed by atoms with Gasteiger partial charge >= 0.3 is 12.3 Å². The van der Waals surface area contributed by atoms with E-state index in [0.29, 0.717) is 48.5 Å². The predicted molar refractivity (Wildman–Crippen MR) is 131 cm³/mol. The first-order valence-corrected chi connectivity index (χ1v) is 11.9. The molecule has 10 nitrogen and oxygen atoms in total. The van der Waals surface area contributed by atoms with Gasteiger partial charge in [-0.15, -0.1) is 13.2 Å². The molecule has 4 rings (SSSR count). The fourth-order valence-electron chi connectivity index (χ4n) is 4.23. The minimum Gasteiger partial charge on any atom is -0.489 e. The van der Waals surface area contributed by atoms with Crippen LogP contribution in [-0.4, -0.2) is 62.9 Å². The summed E-state index contributed by atoms with van der Waals surface area (Å²) < 4.78 is 48.2. The summed E-state index contributed by atoms with van der Waals surface area (Å²) in [4.78, 5) is 41.6. The zero-order valence-corrected chi connectivity index (χ0v) is 20.6. The van der Waals surface area contributed by atoms with Crippen molar-refractivity contribution < 1.29 is 42.1 Å². The van der Waals surface area contributed by atoms with Crippen molar-refractivity contribution in [2.24, 2.45) is 5.73 Å². The number of carbonyl (C=O) groups excluding carboxylic acids is 2. The van der Waals surface area contributed by atoms with E-state index in [4.69, 9.17) is 15.6 Å². The molecule has 39 heavy (non-hydrogen) atoms. The first-order chi connectivity index (χ1) is 18.5. The van der Waals surface area contributed by atoms with E-state index in [0.717, 1.165) is 0 Å². The Hall–Kier alpha value is -4.55. The number of alkyl halides is 3. The van der Waals surface area contributed by atoms with Crippen molar-refractivity contribution in [2.45, 2.75) is 38.3 Å². The average molecular weight is 547 g/mol. The minimum atomic E-state index is -4.78. The Kier molecular flexibility index (Phi) is 8.07. The van der Waals surface area contributed by atoms with Crippen LogP contribution in [0, 0.1) is 0 Å². The standard InChI is InChI=1S/C26H25F3N4O6/c27-26(28,29)39-19-4-1-16(2-5-19)11-23(34)33-9-7-18(8-10-33)38-22-6-3-17(12-20(22)25(30)37)21-13-32(15-31-21)14-24(35)36/h1-6,12-13,15,18H,7-11,14H2,(H2,30,37)(H,35,36). The van der Waals surface area contributed by atoms with E-state index in [1.54, 1.807) is 23.2 Å². The van der Waals surface area contributed by atoms with Crippen LogP contribution in [0.3, 0.4) is 0 Å². The van der Waals surface area contributed by atoms with Crippen LogP contribution in [0.1, 0.15) is 28.8 Å². The van der Waals surface area contributed by atoms with Gasteiger partial charge in [-0.3, -0.25) is 14.4 Å². The number of piperidine rings is 1. The molecule has 0 spiro atoms. The molecule has 0 radical (unpaired) electrons. The molecule has 13 heteroatoms. The Labute approximate surface area is 220 Å². The predicted octanol–water partition coefficient (Wildman–Crippen LogP) is 3.24. The third-order valence-electron chi connectivity index (χ3n) is 6.09. The fraction of sp³-hybridized carbons (Fsp3) is 0.308. The number of halogens is 3. The smallest absolute Gasteiger partial charge is 0.489 e. The molecule has 2 heterocycles. The van der Waals surface area contributed by atoms with Gasteiger partial charge in [0.05, 0.1) is 24.0 Å². The molecule has 0 atom stereocenters. The highest BCUT2D eigenvalue weighted by atomic mass is 19.4. The number of nitrogens with two attached hydrogens (primary N) is 1. The molecule has 206 valence electrons. The van der Waals surface area contributed by atoms with Crippen molar-refractivity contribution in [3.63, 3.8) is 0 Å². The molecule has 0 saturated carbocycles. The molecular weight excluding hydrogens is 521 g/mol. The number of aromatic nitrogens is 2. The lowest BCUT2D eigenvalue weighted by Crippen LogP contribution is -2.42. The highest BCUT2D eigenvalue weighted by Crippen LogP contribution is 2.29. The van der Waals surface area contributed by atoms with Crippen LogP contribution in [0.25, 0.3) is 11.3 Å². The Bertz CT molecular complexity index is 1350. The lowest BCUT2D eigenvalue weighted by Gasteiger charge is -2.32. The molecule has 2 aromatic carbocycles. The molecule has 1 fully saturated rings. The second kappa shape index (κ2) is 11.5. The third kappa shape index (κ3) is 7.49. The normalized spacial score (nSPS) is 14.2. The summed E-state index contributed by atoms with van der Waals surface area (Å²) in [5.74, 6) is -1.93. The Morgan fingerprint density at radius 1 is 1.08 bits per heavy atom. The van der Waals surface area contributed by atoms with Gasteiger partial charge in [-0.05, 0) is 35.9 Å². The molecule has 0 aliphatic carbocycles. The largest absolute Gasteiger partial charge is 0.573 e. The first kappa shape index (κ1) is 27.5. The minimum absolute atomic E-state index is 0.0351. The topological polar surface area (TPSA) is 137 Å². The van der Waals surface area contributed by atoms with Gasteiger partial charge in [0.1, 0.15) is 24.1 Å². The van der Waals surface area contributed by atoms with E-state index in [-0.39, 0.29) is 36.3 Å². The molecule has 1 aromatic heterocycles. The van der Waals surface area contributed by atoms with Crippen molar-refractivity contribution in [1.29, 1.82) is 0 Å². The van der Waals surface area contributed by atoms with Gasteiger partial charge in [-0.2, -0.15) is 0 Å². The summed E-state index contributed by atoms with van der Waals surface area (Å²) in [7, 11) is 0. The van der Waals surface area contributed by atoms with Crippen molar-refractivity contribution in [3.8, 4) is 22.8 Å². The molecular formula is C26H25F3N4O6. The van der Waals surface area contributed by atoms with Gasteiger partial charge in [-0.1, -0.05) is 12.1 Å². The Morgan fingerprint density at radius 2 is 1.77 bits per heavy atom. The number of hydrogen-bond acceptors (Lipinski definition) is 6. The number of carboxylic acids is 1. The van der Waals surface area contributed by atoms with E-state index >= 15 is 0 Å². The third-order valence-corrected chi connectivity index (χ3v) is 6.09. The first-order valence-electron chi connectivity index (χ1n) is 11.9. The Balaban J connectivity index is 1.33. The summed E-state index contributed by atoms with van der Waals surface area (Å²) in [5, 5.41) is 8.93. The van der Waals surface area contributed by atoms with Gasteiger partial charge < -0.3 is 29.8 Å². The van der Waals surface area contributed by atoms with Crippen LogP contribution in [0.2, 0.25) is 0 Å². The number of aliphatic carboxylic acids is 1. The average Bonchev–Trinajstić information content (AvgIpc) is 3.32. The van der Waals surface area contributed by atoms with Crippen LogP contribution >= 0.6 is 0 Å². The lowest BCUT2D eigenvalue weighted by atomic mass is 10.0. The molecule has 1 aliphatic heterocycles. The molecule has 0 unspecified atom stereocenters. The zero-order chi connectivity index (χ0) is 28.2. The summed E-state index contributed by atoms with van der Waals surface area (Å²) in [6, 6.07) is 10.0. The summed E-state index contributed by atoms with van der Waals surface area (Å²) in [5.41, 5.74) is 7.33. The van der Waals surface area contributed by atoms with Crippen LogP contribution in [0.4, 0.5) is 13.2 Å². The van der Waals surface area contributed by atoms with Gasteiger partial charge in [0.25, 0.3) is 5.91 Å². The van der Waals surface area contributed by atoms with E-state index in [2.05, 4.69) is 9.72 Å². The van der Waals surface area contributed by atoms with Crippen molar-refractivity contribution in [3.05, 3.63) is 66.1 Å². The van der Waals surface area contributed by atoms with Crippen LogP contribution in [0.15, 0.2) is 55.0 Å². The number of primary amides is 1. The van der Waals surface area contributed by atoms with E-state index in [9.17, 15) is 27.6 Å². The van der Waals surface area contributed by atoms with Crippen molar-refractivity contribution >= 4 is 17.8 Å². The van der Waals surface area contributed by atoms with Gasteiger partial charge in [0, 0.05) is 37.7 Å². The number of benzene rings is 2. The van der Waals surface area contributed by atoms with Gasteiger partial charge in [-0.25, -0.2) is 4.98 Å². The zero-order valence-electron chi connectivity index (χ0n) is 20.6. The maximum atomic E-state index is 12.7. The van der Waals surface area contributed by atoms with E-state index < -0.39 is 18.2 Å². The molecule has 1 aliphatic rings.